The van der Waals surface area contributed by atoms with Gasteiger partial charge in [0.15, 0.2) is 0 Å². The van der Waals surface area contributed by atoms with Crippen LogP contribution in [0.3, 0.4) is 0 Å². The molecule has 2 aliphatic rings. The van der Waals surface area contributed by atoms with Crippen molar-refractivity contribution in [2.75, 3.05) is 6.54 Å². The number of thiophene rings is 1. The third-order valence-corrected chi connectivity index (χ3v) is 5.86. The van der Waals surface area contributed by atoms with E-state index in [4.69, 9.17) is 0 Å². The fourth-order valence-electron chi connectivity index (χ4n) is 3.25. The first kappa shape index (κ1) is 11.2. The Kier molecular flexibility index (Phi) is 2.61. The summed E-state index contributed by atoms with van der Waals surface area (Å²) in [6.45, 7) is 2.33. The molecule has 2 aliphatic heterocycles. The monoisotopic (exact) mass is 319 g/mol. The van der Waals surface area contributed by atoms with E-state index in [1.807, 2.05) is 11.3 Å². The third kappa shape index (κ3) is 1.68. The second-order valence-corrected chi connectivity index (χ2v) is 7.65. The lowest BCUT2D eigenvalue weighted by molar-refractivity contribution is 0.162. The highest BCUT2D eigenvalue weighted by molar-refractivity contribution is 9.11. The molecule has 4 rings (SSSR count). The van der Waals surface area contributed by atoms with E-state index in [0.717, 1.165) is 6.54 Å². The van der Waals surface area contributed by atoms with E-state index >= 15 is 0 Å². The fraction of sp³-hybridized carbons (Fsp3) is 0.333. The van der Waals surface area contributed by atoms with Gasteiger partial charge in [-0.1, -0.05) is 24.3 Å². The summed E-state index contributed by atoms with van der Waals surface area (Å²) in [5.41, 5.74) is 4.62. The normalized spacial score (nSPS) is 22.2. The minimum atomic E-state index is 0.603. The lowest BCUT2D eigenvalue weighted by atomic mass is 9.87. The number of halogens is 1. The highest BCUT2D eigenvalue weighted by Gasteiger charge is 2.32. The van der Waals surface area contributed by atoms with Gasteiger partial charge in [-0.25, -0.2) is 0 Å². The van der Waals surface area contributed by atoms with Crippen LogP contribution in [-0.4, -0.2) is 11.4 Å². The van der Waals surface area contributed by atoms with Gasteiger partial charge < -0.3 is 0 Å². The molecule has 0 radical (unpaired) electrons. The first-order valence-corrected chi connectivity index (χ1v) is 8.01. The van der Waals surface area contributed by atoms with Gasteiger partial charge in [0.05, 0.1) is 3.79 Å². The van der Waals surface area contributed by atoms with E-state index in [9.17, 15) is 0 Å². The number of fused-ring (bicyclic) bond motifs is 4. The summed E-state index contributed by atoms with van der Waals surface area (Å²) < 4.78 is 1.29. The Bertz CT molecular complexity index is 604. The van der Waals surface area contributed by atoms with Gasteiger partial charge in [0.25, 0.3) is 0 Å². The molecule has 3 heteroatoms. The van der Waals surface area contributed by atoms with Crippen molar-refractivity contribution in [1.29, 1.82) is 0 Å². The predicted molar refractivity (Wildman–Crippen MR) is 79.0 cm³/mol. The van der Waals surface area contributed by atoms with Crippen LogP contribution in [0, 0.1) is 0 Å². The summed E-state index contributed by atoms with van der Waals surface area (Å²) in [7, 11) is 0. The molecule has 1 atom stereocenters. The predicted octanol–water partition coefficient (Wildman–Crippen LogP) is 4.17. The molecule has 0 bridgehead atoms. The Labute approximate surface area is 120 Å². The van der Waals surface area contributed by atoms with Crippen LogP contribution >= 0.6 is 27.3 Å². The molecule has 1 aromatic heterocycles. The van der Waals surface area contributed by atoms with E-state index in [2.05, 4.69) is 51.2 Å². The van der Waals surface area contributed by atoms with E-state index in [1.165, 1.54) is 34.3 Å². The maximum Gasteiger partial charge on any atom is 0.0704 e. The van der Waals surface area contributed by atoms with Crippen LogP contribution < -0.4 is 0 Å². The van der Waals surface area contributed by atoms with Crippen molar-refractivity contribution in [3.05, 3.63) is 55.7 Å². The number of hydrogen-bond donors (Lipinski definition) is 0. The smallest absolute Gasteiger partial charge is 0.0704 e. The number of benzene rings is 1. The molecule has 0 fully saturated rings. The van der Waals surface area contributed by atoms with Gasteiger partial charge in [0, 0.05) is 24.0 Å². The Balaban J connectivity index is 1.78. The first-order chi connectivity index (χ1) is 8.81. The molecular weight excluding hydrogens is 306 g/mol. The minimum absolute atomic E-state index is 0.603. The van der Waals surface area contributed by atoms with Gasteiger partial charge in [0.2, 0.25) is 0 Å². The largest absolute Gasteiger partial charge is 0.291 e. The molecule has 0 saturated heterocycles. The van der Waals surface area contributed by atoms with E-state index in [0.29, 0.717) is 6.04 Å². The SMILES string of the molecule is Brc1cc2c(s1)CCN1Cc3ccccc3CC21. The highest BCUT2D eigenvalue weighted by atomic mass is 79.9. The Morgan fingerprint density at radius 3 is 2.94 bits per heavy atom. The lowest BCUT2D eigenvalue weighted by Crippen LogP contribution is -2.38. The van der Waals surface area contributed by atoms with Crippen molar-refractivity contribution in [3.8, 4) is 0 Å². The second-order valence-electron chi connectivity index (χ2n) is 5.14. The topological polar surface area (TPSA) is 3.24 Å². The van der Waals surface area contributed by atoms with Gasteiger partial charge in [0.1, 0.15) is 0 Å². The zero-order valence-corrected chi connectivity index (χ0v) is 12.4. The van der Waals surface area contributed by atoms with Crippen molar-refractivity contribution in [1.82, 2.24) is 4.90 Å². The standard InChI is InChI=1S/C15H14BrNS/c16-15-8-12-13-7-10-3-1-2-4-11(10)9-17(13)6-5-14(12)18-15/h1-4,8,13H,5-7,9H2. The van der Waals surface area contributed by atoms with Crippen LogP contribution in [0.5, 0.6) is 0 Å². The average molecular weight is 320 g/mol. The van der Waals surface area contributed by atoms with Gasteiger partial charge in [-0.15, -0.1) is 11.3 Å². The Morgan fingerprint density at radius 1 is 1.22 bits per heavy atom. The van der Waals surface area contributed by atoms with Gasteiger partial charge in [-0.05, 0) is 51.5 Å². The summed E-state index contributed by atoms with van der Waals surface area (Å²) in [5, 5.41) is 0. The molecule has 92 valence electrons. The van der Waals surface area contributed by atoms with Gasteiger partial charge in [-0.3, -0.25) is 4.90 Å². The Hall–Kier alpha value is -0.640. The molecule has 18 heavy (non-hydrogen) atoms. The number of hydrogen-bond acceptors (Lipinski definition) is 2. The summed E-state index contributed by atoms with van der Waals surface area (Å²) in [6.07, 6.45) is 2.39. The average Bonchev–Trinajstić information content (AvgIpc) is 2.77. The quantitative estimate of drug-likeness (QED) is 0.704. The molecule has 1 nitrogen and oxygen atoms in total. The highest BCUT2D eigenvalue weighted by Crippen LogP contribution is 2.42. The van der Waals surface area contributed by atoms with E-state index < -0.39 is 0 Å². The third-order valence-electron chi connectivity index (χ3n) is 4.14. The Morgan fingerprint density at radius 2 is 2.06 bits per heavy atom. The molecule has 0 spiro atoms. The summed E-state index contributed by atoms with van der Waals surface area (Å²) >= 11 is 5.56. The van der Waals surface area contributed by atoms with Crippen molar-refractivity contribution in [3.63, 3.8) is 0 Å². The van der Waals surface area contributed by atoms with Crippen LogP contribution in [0.1, 0.15) is 27.6 Å². The molecule has 0 N–H and O–H groups in total. The van der Waals surface area contributed by atoms with Crippen LogP contribution in [0.15, 0.2) is 34.1 Å². The van der Waals surface area contributed by atoms with Crippen LogP contribution in [-0.2, 0) is 19.4 Å². The van der Waals surface area contributed by atoms with Crippen molar-refractivity contribution in [2.45, 2.75) is 25.4 Å². The molecule has 0 amide bonds. The van der Waals surface area contributed by atoms with Crippen molar-refractivity contribution >= 4 is 27.3 Å². The summed E-state index contributed by atoms with van der Waals surface area (Å²) in [4.78, 5) is 4.23. The van der Waals surface area contributed by atoms with E-state index in [-0.39, 0.29) is 0 Å². The zero-order chi connectivity index (χ0) is 12.1. The summed E-state index contributed by atoms with van der Waals surface area (Å²) in [6, 6.07) is 11.8. The molecule has 1 aromatic carbocycles. The second kappa shape index (κ2) is 4.19. The molecule has 2 aromatic rings. The fourth-order valence-corrected chi connectivity index (χ4v) is 5.01. The van der Waals surface area contributed by atoms with Crippen molar-refractivity contribution in [2.24, 2.45) is 0 Å². The van der Waals surface area contributed by atoms with Crippen molar-refractivity contribution < 1.29 is 0 Å². The van der Waals surface area contributed by atoms with Crippen LogP contribution in [0.2, 0.25) is 0 Å². The van der Waals surface area contributed by atoms with Crippen LogP contribution in [0.25, 0.3) is 0 Å². The molecule has 0 aliphatic carbocycles. The molecule has 0 saturated carbocycles. The maximum atomic E-state index is 3.64. The minimum Gasteiger partial charge on any atom is -0.291 e. The molecule has 1 unspecified atom stereocenters. The maximum absolute atomic E-state index is 3.64. The first-order valence-electron chi connectivity index (χ1n) is 6.40. The number of rotatable bonds is 0. The lowest BCUT2D eigenvalue weighted by Gasteiger charge is -2.40. The summed E-state index contributed by atoms with van der Waals surface area (Å²) in [5.74, 6) is 0. The van der Waals surface area contributed by atoms with E-state index in [1.54, 1.807) is 10.4 Å². The number of nitrogens with zero attached hydrogens (tertiary/aromatic N) is 1. The zero-order valence-electron chi connectivity index (χ0n) is 10.0. The molecular formula is C15H14BrNS. The van der Waals surface area contributed by atoms with Gasteiger partial charge in [-0.2, -0.15) is 0 Å². The molecule has 3 heterocycles. The van der Waals surface area contributed by atoms with Gasteiger partial charge >= 0.3 is 0 Å². The van der Waals surface area contributed by atoms with Crippen LogP contribution in [0.4, 0.5) is 0 Å².